The van der Waals surface area contributed by atoms with Crippen LogP contribution in [0.1, 0.15) is 12.5 Å². The van der Waals surface area contributed by atoms with Gasteiger partial charge in [0.15, 0.2) is 10.8 Å². The zero-order valence-corrected chi connectivity index (χ0v) is 11.7. The molecule has 0 radical (unpaired) electrons. The minimum atomic E-state index is 0.906. The molecule has 94 valence electrons. The molecule has 0 aliphatic carbocycles. The molecule has 0 fully saturated rings. The quantitative estimate of drug-likeness (QED) is 0.767. The fraction of sp³-hybridized carbons (Fsp3) is 0.200. The minimum Gasteiger partial charge on any atom is -0.444 e. The topological polar surface area (TPSA) is 12.5 Å². The van der Waals surface area contributed by atoms with Gasteiger partial charge in [-0.15, -0.1) is 11.3 Å². The van der Waals surface area contributed by atoms with Crippen LogP contribution in [0.25, 0.3) is 5.76 Å². The second-order valence-electron chi connectivity index (χ2n) is 4.21. The molecule has 18 heavy (non-hydrogen) atoms. The van der Waals surface area contributed by atoms with E-state index in [9.17, 15) is 0 Å². The SMILES string of the molecule is CC(=C(Oc1cccs1)c1ccccc1)N(C)C. The molecule has 0 unspecified atom stereocenters. The fourth-order valence-electron chi connectivity index (χ4n) is 1.56. The standard InChI is InChI=1S/C15H17NOS/c1-12(16(2)3)15(13-8-5-4-6-9-13)17-14-10-7-11-18-14/h4-11H,1-3H3. The van der Waals surface area contributed by atoms with E-state index in [2.05, 4.69) is 24.0 Å². The van der Waals surface area contributed by atoms with Crippen LogP contribution in [-0.4, -0.2) is 19.0 Å². The molecule has 2 rings (SSSR count). The molecule has 0 amide bonds. The van der Waals surface area contributed by atoms with Gasteiger partial charge in [0, 0.05) is 19.7 Å². The van der Waals surface area contributed by atoms with Crippen LogP contribution in [0.2, 0.25) is 0 Å². The molecule has 0 aliphatic rings. The van der Waals surface area contributed by atoms with Crippen molar-refractivity contribution in [3.63, 3.8) is 0 Å². The molecule has 0 bridgehead atoms. The molecular formula is C15H17NOS. The van der Waals surface area contributed by atoms with E-state index >= 15 is 0 Å². The van der Waals surface area contributed by atoms with Gasteiger partial charge in [0.2, 0.25) is 0 Å². The maximum atomic E-state index is 6.02. The van der Waals surface area contributed by atoms with Crippen LogP contribution in [0.3, 0.4) is 0 Å². The third kappa shape index (κ3) is 2.93. The van der Waals surface area contributed by atoms with Gasteiger partial charge in [-0.3, -0.25) is 0 Å². The van der Waals surface area contributed by atoms with Crippen molar-refractivity contribution in [1.29, 1.82) is 0 Å². The Morgan fingerprint density at radius 1 is 1.06 bits per heavy atom. The van der Waals surface area contributed by atoms with E-state index < -0.39 is 0 Å². The molecule has 3 heteroatoms. The Kier molecular flexibility index (Phi) is 4.05. The molecule has 1 heterocycles. The van der Waals surface area contributed by atoms with Gasteiger partial charge in [0.25, 0.3) is 0 Å². The lowest BCUT2D eigenvalue weighted by Gasteiger charge is -2.18. The van der Waals surface area contributed by atoms with Crippen LogP contribution in [0.15, 0.2) is 53.5 Å². The zero-order chi connectivity index (χ0) is 13.0. The number of ether oxygens (including phenoxy) is 1. The van der Waals surface area contributed by atoms with Crippen LogP contribution in [0.5, 0.6) is 5.06 Å². The van der Waals surface area contributed by atoms with Gasteiger partial charge >= 0.3 is 0 Å². The van der Waals surface area contributed by atoms with Gasteiger partial charge in [-0.05, 0) is 24.4 Å². The third-order valence-corrected chi connectivity index (χ3v) is 3.48. The zero-order valence-electron chi connectivity index (χ0n) is 10.9. The molecule has 1 aromatic carbocycles. The summed E-state index contributed by atoms with van der Waals surface area (Å²) in [6, 6.07) is 14.2. The normalized spacial score (nSPS) is 11.9. The lowest BCUT2D eigenvalue weighted by molar-refractivity contribution is 0.464. The first-order valence-corrected chi connectivity index (χ1v) is 6.71. The first-order valence-electron chi connectivity index (χ1n) is 5.83. The van der Waals surface area contributed by atoms with Crippen LogP contribution in [0.4, 0.5) is 0 Å². The van der Waals surface area contributed by atoms with Crippen molar-refractivity contribution >= 4 is 17.1 Å². The van der Waals surface area contributed by atoms with Crippen LogP contribution in [0, 0.1) is 0 Å². The average molecular weight is 259 g/mol. The lowest BCUT2D eigenvalue weighted by atomic mass is 10.1. The van der Waals surface area contributed by atoms with E-state index in [0.717, 1.165) is 22.1 Å². The van der Waals surface area contributed by atoms with Crippen LogP contribution in [-0.2, 0) is 0 Å². The maximum absolute atomic E-state index is 6.02. The second kappa shape index (κ2) is 5.74. The van der Waals surface area contributed by atoms with Gasteiger partial charge < -0.3 is 9.64 Å². The molecule has 0 spiro atoms. The van der Waals surface area contributed by atoms with E-state index in [1.807, 2.05) is 49.8 Å². The summed E-state index contributed by atoms with van der Waals surface area (Å²) in [6.07, 6.45) is 0. The summed E-state index contributed by atoms with van der Waals surface area (Å²) in [4.78, 5) is 2.07. The highest BCUT2D eigenvalue weighted by Gasteiger charge is 2.10. The van der Waals surface area contributed by atoms with Crippen molar-refractivity contribution < 1.29 is 4.74 Å². The second-order valence-corrected chi connectivity index (χ2v) is 5.12. The monoisotopic (exact) mass is 259 g/mol. The predicted octanol–water partition coefficient (Wildman–Crippen LogP) is 4.08. The highest BCUT2D eigenvalue weighted by molar-refractivity contribution is 7.11. The van der Waals surface area contributed by atoms with Crippen molar-refractivity contribution in [3.8, 4) is 5.06 Å². The Morgan fingerprint density at radius 3 is 2.33 bits per heavy atom. The number of rotatable bonds is 4. The summed E-state index contributed by atoms with van der Waals surface area (Å²) < 4.78 is 6.02. The van der Waals surface area contributed by atoms with Crippen molar-refractivity contribution in [2.45, 2.75) is 6.92 Å². The summed E-state index contributed by atoms with van der Waals surface area (Å²) >= 11 is 1.60. The summed E-state index contributed by atoms with van der Waals surface area (Å²) in [6.45, 7) is 2.07. The Bertz CT molecular complexity index is 515. The summed E-state index contributed by atoms with van der Waals surface area (Å²) in [5.74, 6) is 0.906. The van der Waals surface area contributed by atoms with Gasteiger partial charge in [-0.25, -0.2) is 0 Å². The number of nitrogens with zero attached hydrogens (tertiary/aromatic N) is 1. The van der Waals surface area contributed by atoms with Gasteiger partial charge in [0.05, 0.1) is 5.70 Å². The summed E-state index contributed by atoms with van der Waals surface area (Å²) in [7, 11) is 4.05. The molecule has 0 saturated carbocycles. The van der Waals surface area contributed by atoms with Crippen molar-refractivity contribution in [2.75, 3.05) is 14.1 Å². The van der Waals surface area contributed by atoms with E-state index in [1.54, 1.807) is 11.3 Å². The number of benzene rings is 1. The van der Waals surface area contributed by atoms with Crippen LogP contribution < -0.4 is 4.74 Å². The molecule has 0 N–H and O–H groups in total. The molecular weight excluding hydrogens is 242 g/mol. The van der Waals surface area contributed by atoms with E-state index in [4.69, 9.17) is 4.74 Å². The number of hydrogen-bond donors (Lipinski definition) is 0. The highest BCUT2D eigenvalue weighted by Crippen LogP contribution is 2.27. The van der Waals surface area contributed by atoms with E-state index in [0.29, 0.717) is 0 Å². The van der Waals surface area contributed by atoms with Gasteiger partial charge in [-0.2, -0.15) is 0 Å². The Hall–Kier alpha value is -1.74. The molecule has 0 atom stereocenters. The number of allylic oxidation sites excluding steroid dienone is 1. The maximum Gasteiger partial charge on any atom is 0.181 e. The van der Waals surface area contributed by atoms with Crippen molar-refractivity contribution in [3.05, 3.63) is 59.1 Å². The van der Waals surface area contributed by atoms with Crippen molar-refractivity contribution in [1.82, 2.24) is 4.90 Å². The summed E-state index contributed by atoms with van der Waals surface area (Å²) in [5.41, 5.74) is 2.20. The molecule has 1 aromatic heterocycles. The minimum absolute atomic E-state index is 0.906. The summed E-state index contributed by atoms with van der Waals surface area (Å²) in [5, 5.41) is 2.93. The first kappa shape index (κ1) is 12.7. The molecule has 0 saturated heterocycles. The predicted molar refractivity (Wildman–Crippen MR) is 77.7 cm³/mol. The molecule has 2 aromatic rings. The smallest absolute Gasteiger partial charge is 0.181 e. The van der Waals surface area contributed by atoms with Crippen molar-refractivity contribution in [2.24, 2.45) is 0 Å². The largest absolute Gasteiger partial charge is 0.444 e. The fourth-order valence-corrected chi connectivity index (χ4v) is 2.14. The third-order valence-electron chi connectivity index (χ3n) is 2.73. The Balaban J connectivity index is 2.39. The van der Waals surface area contributed by atoms with Crippen LogP contribution >= 0.6 is 11.3 Å². The Labute approximate surface area is 112 Å². The van der Waals surface area contributed by atoms with Gasteiger partial charge in [0.1, 0.15) is 0 Å². The van der Waals surface area contributed by atoms with E-state index in [1.165, 1.54) is 0 Å². The first-order chi connectivity index (χ1) is 8.68. The Morgan fingerprint density at radius 2 is 1.78 bits per heavy atom. The number of hydrogen-bond acceptors (Lipinski definition) is 3. The number of thiophene rings is 1. The average Bonchev–Trinajstić information content (AvgIpc) is 2.89. The van der Waals surface area contributed by atoms with Gasteiger partial charge in [-0.1, -0.05) is 30.3 Å². The lowest BCUT2D eigenvalue weighted by Crippen LogP contribution is -2.12. The molecule has 2 nitrogen and oxygen atoms in total. The molecule has 0 aliphatic heterocycles. The van der Waals surface area contributed by atoms with E-state index in [-0.39, 0.29) is 0 Å². The highest BCUT2D eigenvalue weighted by atomic mass is 32.1.